The molecule has 2 aliphatic heterocycles. The molecule has 11 atom stereocenters. The van der Waals surface area contributed by atoms with Gasteiger partial charge in [-0.1, -0.05) is 25.5 Å². The number of rotatable bonds is 5. The SMILES string of the molecule is CC1=C(CO)C(=O)O[C@@H]([C@@H](C)[C@H]2CC[C@H]3[C@@H]4C[C@H]5O[C@]56[C@@H](OC(=O)c5ccccn5)C=CC(=O)[C@]6(C)[C@H]4CC[C@]23C)C1. The molecule has 0 radical (unpaired) electrons. The molecule has 8 heteroatoms. The highest BCUT2D eigenvalue weighted by Crippen LogP contribution is 2.73. The minimum atomic E-state index is -0.825. The van der Waals surface area contributed by atoms with Gasteiger partial charge in [0.15, 0.2) is 11.9 Å². The number of hydrogen-bond acceptors (Lipinski definition) is 8. The number of cyclic esters (lactones) is 1. The van der Waals surface area contributed by atoms with Crippen LogP contribution in [0.15, 0.2) is 47.7 Å². The molecule has 4 fully saturated rings. The summed E-state index contributed by atoms with van der Waals surface area (Å²) in [5, 5.41) is 9.61. The first-order chi connectivity index (χ1) is 20.1. The number of pyridine rings is 1. The Morgan fingerprint density at radius 3 is 2.71 bits per heavy atom. The molecule has 0 bridgehead atoms. The highest BCUT2D eigenvalue weighted by Gasteiger charge is 2.81. The largest absolute Gasteiger partial charge is 0.458 e. The molecule has 3 heterocycles. The van der Waals surface area contributed by atoms with E-state index in [4.69, 9.17) is 14.2 Å². The number of carbonyl (C=O) groups is 3. The minimum absolute atomic E-state index is 0.0749. The zero-order chi connectivity index (χ0) is 29.6. The summed E-state index contributed by atoms with van der Waals surface area (Å²) in [6.07, 6.45) is 9.54. The Labute approximate surface area is 246 Å². The number of carbonyl (C=O) groups excluding carboxylic acids is 3. The van der Waals surface area contributed by atoms with E-state index in [0.29, 0.717) is 29.7 Å². The first-order valence-electron chi connectivity index (χ1n) is 15.6. The lowest BCUT2D eigenvalue weighted by Crippen LogP contribution is -2.64. The Kier molecular flexibility index (Phi) is 6.38. The summed E-state index contributed by atoms with van der Waals surface area (Å²) in [6.45, 7) is 8.36. The number of fused-ring (bicyclic) bond motifs is 4. The van der Waals surface area contributed by atoms with E-state index >= 15 is 0 Å². The van der Waals surface area contributed by atoms with Gasteiger partial charge in [-0.15, -0.1) is 0 Å². The van der Waals surface area contributed by atoms with E-state index in [1.54, 1.807) is 36.5 Å². The number of ketones is 1. The van der Waals surface area contributed by atoms with E-state index in [9.17, 15) is 19.5 Å². The number of ether oxygens (including phenoxy) is 3. The molecule has 6 aliphatic rings. The van der Waals surface area contributed by atoms with Crippen LogP contribution in [0.2, 0.25) is 0 Å². The first-order valence-corrected chi connectivity index (χ1v) is 15.6. The van der Waals surface area contributed by atoms with Crippen LogP contribution in [0.1, 0.15) is 76.7 Å². The van der Waals surface area contributed by atoms with Crippen molar-refractivity contribution in [2.45, 2.75) is 90.1 Å². The normalized spacial score (nSPS) is 44.4. The zero-order valence-corrected chi connectivity index (χ0v) is 24.9. The van der Waals surface area contributed by atoms with Gasteiger partial charge in [-0.2, -0.15) is 0 Å². The van der Waals surface area contributed by atoms with Crippen molar-refractivity contribution in [3.63, 3.8) is 0 Å². The van der Waals surface area contributed by atoms with E-state index in [2.05, 4.69) is 25.8 Å². The third-order valence-corrected chi connectivity index (χ3v) is 12.7. The first kappa shape index (κ1) is 28.0. The highest BCUT2D eigenvalue weighted by molar-refractivity contribution is 5.98. The lowest BCUT2D eigenvalue weighted by Gasteiger charge is -2.58. The third kappa shape index (κ3) is 3.66. The van der Waals surface area contributed by atoms with Crippen LogP contribution in [-0.2, 0) is 23.8 Å². The second-order valence-corrected chi connectivity index (χ2v) is 14.1. The maximum Gasteiger partial charge on any atom is 0.357 e. The molecule has 1 N–H and O–H groups in total. The average molecular weight is 576 g/mol. The molecule has 7 rings (SSSR count). The van der Waals surface area contributed by atoms with Crippen molar-refractivity contribution in [3.8, 4) is 0 Å². The lowest BCUT2D eigenvalue weighted by atomic mass is 9.44. The van der Waals surface area contributed by atoms with Crippen LogP contribution in [0.25, 0.3) is 0 Å². The van der Waals surface area contributed by atoms with Gasteiger partial charge in [0.25, 0.3) is 0 Å². The van der Waals surface area contributed by atoms with Gasteiger partial charge in [0.2, 0.25) is 0 Å². The molecular formula is C34H41NO7. The number of aliphatic hydroxyl groups is 1. The Balaban J connectivity index is 1.13. The molecule has 0 unspecified atom stereocenters. The van der Waals surface area contributed by atoms with E-state index in [-0.39, 0.29) is 53.5 Å². The topological polar surface area (TPSA) is 115 Å². The van der Waals surface area contributed by atoms with Crippen molar-refractivity contribution in [1.82, 2.24) is 4.98 Å². The molecule has 1 spiro atoms. The molecule has 1 saturated heterocycles. The van der Waals surface area contributed by atoms with Crippen molar-refractivity contribution in [2.24, 2.45) is 40.4 Å². The molecule has 224 valence electrons. The van der Waals surface area contributed by atoms with Crippen LogP contribution in [0.5, 0.6) is 0 Å². The Morgan fingerprint density at radius 1 is 1.19 bits per heavy atom. The van der Waals surface area contributed by atoms with Crippen LogP contribution in [0.4, 0.5) is 0 Å². The van der Waals surface area contributed by atoms with Crippen LogP contribution in [0.3, 0.4) is 0 Å². The predicted octanol–water partition coefficient (Wildman–Crippen LogP) is 4.61. The fourth-order valence-electron chi connectivity index (χ4n) is 10.5. The van der Waals surface area contributed by atoms with Crippen molar-refractivity contribution in [3.05, 3.63) is 53.4 Å². The Morgan fingerprint density at radius 2 is 2.00 bits per heavy atom. The minimum Gasteiger partial charge on any atom is -0.458 e. The van der Waals surface area contributed by atoms with Gasteiger partial charge in [0.05, 0.1) is 23.7 Å². The lowest BCUT2D eigenvalue weighted by molar-refractivity contribution is -0.156. The van der Waals surface area contributed by atoms with E-state index < -0.39 is 23.1 Å². The highest BCUT2D eigenvalue weighted by atomic mass is 16.7. The molecule has 4 aliphatic carbocycles. The van der Waals surface area contributed by atoms with Crippen molar-refractivity contribution in [2.75, 3.05) is 6.61 Å². The number of aromatic nitrogens is 1. The quantitative estimate of drug-likeness (QED) is 0.400. The Hall–Kier alpha value is -2.84. The third-order valence-electron chi connectivity index (χ3n) is 12.7. The van der Waals surface area contributed by atoms with Gasteiger partial charge in [0, 0.05) is 12.6 Å². The summed E-state index contributed by atoms with van der Waals surface area (Å²) < 4.78 is 18.4. The van der Waals surface area contributed by atoms with Crippen molar-refractivity contribution in [1.29, 1.82) is 0 Å². The molecule has 3 saturated carbocycles. The average Bonchev–Trinajstić information content (AvgIpc) is 3.60. The second kappa shape index (κ2) is 9.58. The predicted molar refractivity (Wildman–Crippen MR) is 152 cm³/mol. The monoisotopic (exact) mass is 575 g/mol. The number of allylic oxidation sites excluding steroid dienone is 1. The summed E-state index contributed by atoms with van der Waals surface area (Å²) in [7, 11) is 0. The molecule has 0 amide bonds. The van der Waals surface area contributed by atoms with Crippen molar-refractivity contribution < 1.29 is 33.7 Å². The summed E-state index contributed by atoms with van der Waals surface area (Å²) >= 11 is 0. The number of epoxide rings is 1. The maximum atomic E-state index is 13.8. The second-order valence-electron chi connectivity index (χ2n) is 14.1. The van der Waals surface area contributed by atoms with E-state index in [1.165, 1.54) is 0 Å². The number of hydrogen-bond donors (Lipinski definition) is 1. The maximum absolute atomic E-state index is 13.8. The molecule has 1 aromatic rings. The number of esters is 2. The molecule has 1 aromatic heterocycles. The van der Waals surface area contributed by atoms with Gasteiger partial charge in [-0.05, 0) is 105 Å². The van der Waals surface area contributed by atoms with Crippen LogP contribution < -0.4 is 0 Å². The van der Waals surface area contributed by atoms with Gasteiger partial charge in [-0.25, -0.2) is 14.6 Å². The van der Waals surface area contributed by atoms with Crippen molar-refractivity contribution >= 4 is 17.7 Å². The summed E-state index contributed by atoms with van der Waals surface area (Å²) in [5.74, 6) is 0.709. The fraction of sp³-hybridized carbons (Fsp3) is 0.647. The summed E-state index contributed by atoms with van der Waals surface area (Å²) in [5.41, 5.74) is 0.0520. The van der Waals surface area contributed by atoms with Gasteiger partial charge in [-0.3, -0.25) is 4.79 Å². The fourth-order valence-corrected chi connectivity index (χ4v) is 10.5. The smallest absolute Gasteiger partial charge is 0.357 e. The van der Waals surface area contributed by atoms with E-state index in [0.717, 1.165) is 37.7 Å². The van der Waals surface area contributed by atoms with Crippen LogP contribution in [-0.4, -0.2) is 58.3 Å². The molecule has 8 nitrogen and oxygen atoms in total. The van der Waals surface area contributed by atoms with Gasteiger partial charge in [0.1, 0.15) is 17.4 Å². The Bertz CT molecular complexity index is 1390. The summed E-state index contributed by atoms with van der Waals surface area (Å²) in [6, 6.07) is 5.14. The number of nitrogens with zero attached hydrogens (tertiary/aromatic N) is 1. The van der Waals surface area contributed by atoms with Gasteiger partial charge >= 0.3 is 11.9 Å². The standard InChI is InChI=1S/C34H41NO7/c1-18-15-26(40-30(38)21(18)17-36)19(2)22-8-9-23-20-16-29-34(42-29)28(41-31(39)25-7-5-6-14-35-25)11-10-27(37)33(34,4)24(20)12-13-32(22,23)3/h5-7,10-11,14,19-20,22-24,26,28-29,36H,8-9,12-13,15-17H2,1-4H3/t19-,20-,22+,23-,24-,26+,28-,29+,32+,33-,34+/m0/s1. The van der Waals surface area contributed by atoms with Crippen LogP contribution in [0, 0.1) is 40.4 Å². The van der Waals surface area contributed by atoms with Crippen LogP contribution >= 0.6 is 0 Å². The zero-order valence-electron chi connectivity index (χ0n) is 24.9. The summed E-state index contributed by atoms with van der Waals surface area (Å²) in [4.78, 5) is 43.6. The molecule has 42 heavy (non-hydrogen) atoms. The molecule has 0 aromatic carbocycles. The molecular weight excluding hydrogens is 534 g/mol. The van der Waals surface area contributed by atoms with E-state index in [1.807, 2.05) is 6.92 Å². The van der Waals surface area contributed by atoms with Gasteiger partial charge < -0.3 is 19.3 Å². The number of aliphatic hydroxyl groups excluding tert-OH is 1.